The van der Waals surface area contributed by atoms with Crippen LogP contribution in [-0.4, -0.2) is 40.3 Å². The molecule has 5 atom stereocenters. The predicted molar refractivity (Wildman–Crippen MR) is 97.2 cm³/mol. The fourth-order valence-electron chi connectivity index (χ4n) is 6.30. The van der Waals surface area contributed by atoms with Crippen molar-refractivity contribution in [3.63, 3.8) is 0 Å². The van der Waals surface area contributed by atoms with Gasteiger partial charge in [-0.1, -0.05) is 13.3 Å². The van der Waals surface area contributed by atoms with Gasteiger partial charge in [-0.05, 0) is 63.9 Å². The quantitative estimate of drug-likeness (QED) is 0.736. The van der Waals surface area contributed by atoms with E-state index in [2.05, 4.69) is 6.92 Å². The first-order valence-electron chi connectivity index (χ1n) is 9.68. The molecule has 2 N–H and O–H groups in total. The number of Topliss-reactive ketones (excluding diaryl/α,β-unsaturated/α-hetero) is 1. The summed E-state index contributed by atoms with van der Waals surface area (Å²) >= 11 is 0. The molecule has 5 nitrogen and oxygen atoms in total. The minimum absolute atomic E-state index is 0.0753. The summed E-state index contributed by atoms with van der Waals surface area (Å²) in [6.45, 7) is 7.28. The number of esters is 1. The molecule has 0 heterocycles. The zero-order valence-corrected chi connectivity index (χ0v) is 16.6. The maximum atomic E-state index is 12.8. The van der Waals surface area contributed by atoms with E-state index < -0.39 is 16.6 Å². The first-order valence-corrected chi connectivity index (χ1v) is 9.68. The van der Waals surface area contributed by atoms with Crippen LogP contribution in [0, 0.1) is 22.7 Å². The summed E-state index contributed by atoms with van der Waals surface area (Å²) < 4.78 is 5.12. The van der Waals surface area contributed by atoms with E-state index in [1.54, 1.807) is 19.9 Å². The molecule has 0 saturated heterocycles. The summed E-state index contributed by atoms with van der Waals surface area (Å²) in [7, 11) is 1.43. The molecular formula is C21H32O5. The topological polar surface area (TPSA) is 83.8 Å². The number of ketones is 1. The third-order valence-corrected chi connectivity index (χ3v) is 7.60. The van der Waals surface area contributed by atoms with Crippen molar-refractivity contribution in [3.8, 4) is 0 Å². The van der Waals surface area contributed by atoms with E-state index in [0.29, 0.717) is 18.4 Å². The molecule has 0 aliphatic heterocycles. The molecule has 0 amide bonds. The number of methoxy groups -OCH3 is 1. The van der Waals surface area contributed by atoms with Crippen LogP contribution in [0.2, 0.25) is 0 Å². The largest absolute Gasteiger partial charge is 0.469 e. The second-order valence-corrected chi connectivity index (χ2v) is 9.65. The van der Waals surface area contributed by atoms with Gasteiger partial charge in [0.2, 0.25) is 0 Å². The fraction of sp³-hybridized carbons (Fsp3) is 0.810. The van der Waals surface area contributed by atoms with Crippen molar-refractivity contribution in [2.75, 3.05) is 7.11 Å². The number of fused-ring (bicyclic) bond motifs is 3. The van der Waals surface area contributed by atoms with Crippen LogP contribution in [0.4, 0.5) is 0 Å². The molecule has 0 aromatic carbocycles. The fourth-order valence-corrected chi connectivity index (χ4v) is 6.30. The molecule has 0 spiro atoms. The van der Waals surface area contributed by atoms with Crippen LogP contribution in [0.5, 0.6) is 0 Å². The predicted octanol–water partition coefficient (Wildman–Crippen LogP) is 2.78. The van der Waals surface area contributed by atoms with Crippen LogP contribution in [0.3, 0.4) is 0 Å². The number of hydrogen-bond donors (Lipinski definition) is 2. The van der Waals surface area contributed by atoms with Gasteiger partial charge in [-0.3, -0.25) is 9.59 Å². The molecule has 26 heavy (non-hydrogen) atoms. The van der Waals surface area contributed by atoms with Crippen LogP contribution in [-0.2, 0) is 14.3 Å². The number of rotatable bonds is 2. The van der Waals surface area contributed by atoms with Gasteiger partial charge in [0.15, 0.2) is 5.78 Å². The molecule has 5 heteroatoms. The first kappa shape index (κ1) is 19.6. The molecule has 1 unspecified atom stereocenters. The summed E-state index contributed by atoms with van der Waals surface area (Å²) in [6.07, 6.45) is 5.59. The van der Waals surface area contributed by atoms with Crippen LogP contribution < -0.4 is 0 Å². The third kappa shape index (κ3) is 2.66. The minimum atomic E-state index is -1.26. The average molecular weight is 364 g/mol. The zero-order chi connectivity index (χ0) is 19.5. The Morgan fingerprint density at radius 2 is 1.88 bits per heavy atom. The highest BCUT2D eigenvalue weighted by atomic mass is 16.5. The van der Waals surface area contributed by atoms with Gasteiger partial charge >= 0.3 is 5.97 Å². The average Bonchev–Trinajstić information content (AvgIpc) is 2.54. The summed E-state index contributed by atoms with van der Waals surface area (Å²) in [6, 6.07) is 0. The summed E-state index contributed by atoms with van der Waals surface area (Å²) in [5.41, 5.74) is -2.95. The van der Waals surface area contributed by atoms with E-state index >= 15 is 0 Å². The van der Waals surface area contributed by atoms with Crippen molar-refractivity contribution in [3.05, 3.63) is 11.6 Å². The van der Waals surface area contributed by atoms with E-state index in [1.807, 2.05) is 6.92 Å². The van der Waals surface area contributed by atoms with Crippen LogP contribution >= 0.6 is 0 Å². The van der Waals surface area contributed by atoms with Gasteiger partial charge in [0.1, 0.15) is 0 Å². The Hall–Kier alpha value is -1.20. The number of hydrogen-bond acceptors (Lipinski definition) is 5. The molecule has 2 saturated carbocycles. The number of carbonyl (C=O) groups excluding carboxylic acids is 2. The van der Waals surface area contributed by atoms with Crippen molar-refractivity contribution < 1.29 is 24.5 Å². The molecule has 3 rings (SSSR count). The van der Waals surface area contributed by atoms with Crippen LogP contribution in [0.15, 0.2) is 11.6 Å². The van der Waals surface area contributed by atoms with Crippen molar-refractivity contribution in [1.82, 2.24) is 0 Å². The van der Waals surface area contributed by atoms with Crippen molar-refractivity contribution in [1.29, 1.82) is 0 Å². The second kappa shape index (κ2) is 5.90. The van der Waals surface area contributed by atoms with Crippen LogP contribution in [0.1, 0.15) is 66.2 Å². The van der Waals surface area contributed by atoms with E-state index in [-0.39, 0.29) is 35.4 Å². The van der Waals surface area contributed by atoms with Crippen molar-refractivity contribution >= 4 is 11.8 Å². The Kier molecular flexibility index (Phi) is 4.44. The standard InChI is InChI=1S/C21H32O5/c1-18(2,24)13-12-21(25)10-7-15-19(3,16(21)11-14(13)22)8-6-9-20(15,4)17(23)26-5/h12,15-16,24-25H,6-11H2,1-5H3/t15?,16-,19+,20+,21+/m1/s1. The normalized spacial score (nSPS) is 43.2. The summed E-state index contributed by atoms with van der Waals surface area (Å²) in [5, 5.41) is 21.8. The Labute approximate surface area is 155 Å². The van der Waals surface area contributed by atoms with Gasteiger partial charge in [-0.2, -0.15) is 0 Å². The third-order valence-electron chi connectivity index (χ3n) is 7.60. The first-order chi connectivity index (χ1) is 11.9. The summed E-state index contributed by atoms with van der Waals surface area (Å²) in [5.74, 6) is -0.448. The lowest BCUT2D eigenvalue weighted by Gasteiger charge is -2.61. The Morgan fingerprint density at radius 3 is 2.46 bits per heavy atom. The highest BCUT2D eigenvalue weighted by molar-refractivity contribution is 5.98. The monoisotopic (exact) mass is 364 g/mol. The van der Waals surface area contributed by atoms with Gasteiger partial charge in [0, 0.05) is 17.9 Å². The highest BCUT2D eigenvalue weighted by Gasteiger charge is 2.63. The van der Waals surface area contributed by atoms with Gasteiger partial charge in [0.25, 0.3) is 0 Å². The van der Waals surface area contributed by atoms with Gasteiger partial charge in [-0.15, -0.1) is 0 Å². The lowest BCUT2D eigenvalue weighted by atomic mass is 9.43. The maximum absolute atomic E-state index is 12.8. The van der Waals surface area contributed by atoms with E-state index in [4.69, 9.17) is 4.74 Å². The zero-order valence-electron chi connectivity index (χ0n) is 16.6. The highest BCUT2D eigenvalue weighted by Crippen LogP contribution is 2.64. The molecule has 0 radical (unpaired) electrons. The minimum Gasteiger partial charge on any atom is -0.469 e. The van der Waals surface area contributed by atoms with E-state index in [1.165, 1.54) is 7.11 Å². The van der Waals surface area contributed by atoms with E-state index in [9.17, 15) is 19.8 Å². The Bertz CT molecular complexity index is 660. The molecule has 146 valence electrons. The molecule has 3 aliphatic carbocycles. The number of aliphatic hydroxyl groups is 2. The smallest absolute Gasteiger partial charge is 0.311 e. The van der Waals surface area contributed by atoms with Gasteiger partial charge in [0.05, 0.1) is 23.7 Å². The van der Waals surface area contributed by atoms with E-state index in [0.717, 1.165) is 19.3 Å². The number of carbonyl (C=O) groups is 2. The van der Waals surface area contributed by atoms with Gasteiger partial charge < -0.3 is 14.9 Å². The SMILES string of the molecule is COC(=O)[C@@]1(C)CCC[C@@]2(C)C1CC[C@]1(O)C=C(C(C)(C)O)C(=O)C[C@@H]12. The van der Waals surface area contributed by atoms with Gasteiger partial charge in [-0.25, -0.2) is 0 Å². The Balaban J connectivity index is 2.05. The lowest BCUT2D eigenvalue weighted by molar-refractivity contribution is -0.189. The summed E-state index contributed by atoms with van der Waals surface area (Å²) in [4.78, 5) is 25.4. The van der Waals surface area contributed by atoms with Crippen molar-refractivity contribution in [2.45, 2.75) is 77.4 Å². The second-order valence-electron chi connectivity index (χ2n) is 9.65. The van der Waals surface area contributed by atoms with Crippen molar-refractivity contribution in [2.24, 2.45) is 22.7 Å². The molecule has 0 aromatic heterocycles. The maximum Gasteiger partial charge on any atom is 0.311 e. The molecule has 2 fully saturated rings. The molecule has 0 aromatic rings. The molecular weight excluding hydrogens is 332 g/mol. The lowest BCUT2D eigenvalue weighted by Crippen LogP contribution is -2.62. The number of ether oxygens (including phenoxy) is 1. The molecule has 3 aliphatic rings. The van der Waals surface area contributed by atoms with Crippen LogP contribution in [0.25, 0.3) is 0 Å². The molecule has 0 bridgehead atoms. The Morgan fingerprint density at radius 1 is 1.23 bits per heavy atom.